The Kier molecular flexibility index (Phi) is 4.92. The van der Waals surface area contributed by atoms with E-state index in [1.165, 1.54) is 6.07 Å². The lowest BCUT2D eigenvalue weighted by Crippen LogP contribution is -2.17. The van der Waals surface area contributed by atoms with Gasteiger partial charge in [0.25, 0.3) is 10.0 Å². The van der Waals surface area contributed by atoms with Gasteiger partial charge in [-0.2, -0.15) is 0 Å². The molecular formula is C12H10BrClN2O3S2. The van der Waals surface area contributed by atoms with Crippen LogP contribution in [0.15, 0.2) is 38.3 Å². The molecule has 0 aliphatic heterocycles. The molecule has 2 rings (SSSR count). The average molecular weight is 410 g/mol. The summed E-state index contributed by atoms with van der Waals surface area (Å²) in [6, 6.07) is 7.93. The molecule has 0 radical (unpaired) electrons. The van der Waals surface area contributed by atoms with Crippen molar-refractivity contribution in [3.63, 3.8) is 0 Å². The molecule has 3 N–H and O–H groups in total. The standard InChI is InChI=1S/C12H10BrClN2O3S2/c13-12-8(14)6-11(20-12)21(18,19)16-9-4-2-1-3-7(9)5-10(15)17/h1-4,6,16H,5H2,(H2,15,17). The molecule has 0 spiro atoms. The third-order valence-electron chi connectivity index (χ3n) is 2.51. The summed E-state index contributed by atoms with van der Waals surface area (Å²) in [5.41, 5.74) is 5.98. The molecule has 0 aliphatic carbocycles. The molecule has 21 heavy (non-hydrogen) atoms. The highest BCUT2D eigenvalue weighted by Crippen LogP contribution is 2.35. The highest BCUT2D eigenvalue weighted by atomic mass is 79.9. The van der Waals surface area contributed by atoms with E-state index < -0.39 is 15.9 Å². The van der Waals surface area contributed by atoms with Crippen LogP contribution < -0.4 is 10.5 Å². The Morgan fingerprint density at radius 1 is 1.38 bits per heavy atom. The number of hydrogen-bond donors (Lipinski definition) is 2. The molecule has 0 atom stereocenters. The molecule has 0 aliphatic rings. The second-order valence-corrected chi connectivity index (χ2v) is 8.78. The van der Waals surface area contributed by atoms with Crippen molar-refractivity contribution in [2.75, 3.05) is 4.72 Å². The van der Waals surface area contributed by atoms with Crippen LogP contribution in [0.3, 0.4) is 0 Å². The van der Waals surface area contributed by atoms with Crippen LogP contribution in [0.25, 0.3) is 0 Å². The summed E-state index contributed by atoms with van der Waals surface area (Å²) in [7, 11) is -3.77. The van der Waals surface area contributed by atoms with Crippen LogP contribution in [0.5, 0.6) is 0 Å². The Balaban J connectivity index is 2.35. The van der Waals surface area contributed by atoms with Crippen LogP contribution in [-0.4, -0.2) is 14.3 Å². The fourth-order valence-corrected chi connectivity index (χ4v) is 5.12. The number of amides is 1. The van der Waals surface area contributed by atoms with Gasteiger partial charge in [-0.05, 0) is 33.6 Å². The Labute approximate surface area is 139 Å². The molecule has 1 amide bonds. The van der Waals surface area contributed by atoms with Crippen molar-refractivity contribution < 1.29 is 13.2 Å². The SMILES string of the molecule is NC(=O)Cc1ccccc1NS(=O)(=O)c1cc(Cl)c(Br)s1. The van der Waals surface area contributed by atoms with E-state index >= 15 is 0 Å². The van der Waals surface area contributed by atoms with Gasteiger partial charge in [-0.15, -0.1) is 11.3 Å². The Hall–Kier alpha value is -1.09. The first-order valence-electron chi connectivity index (χ1n) is 5.63. The van der Waals surface area contributed by atoms with E-state index in [1.54, 1.807) is 24.3 Å². The van der Waals surface area contributed by atoms with Crippen molar-refractivity contribution in [3.8, 4) is 0 Å². The van der Waals surface area contributed by atoms with Gasteiger partial charge >= 0.3 is 0 Å². The summed E-state index contributed by atoms with van der Waals surface area (Å²) >= 11 is 10.0. The number of sulfonamides is 1. The number of carbonyl (C=O) groups excluding carboxylic acids is 1. The molecule has 0 fully saturated rings. The summed E-state index contributed by atoms with van der Waals surface area (Å²) in [5, 5.41) is 0.325. The smallest absolute Gasteiger partial charge is 0.271 e. The van der Waals surface area contributed by atoms with Crippen LogP contribution in [0.4, 0.5) is 5.69 Å². The van der Waals surface area contributed by atoms with E-state index in [0.29, 0.717) is 20.1 Å². The van der Waals surface area contributed by atoms with Crippen molar-refractivity contribution in [3.05, 3.63) is 44.7 Å². The van der Waals surface area contributed by atoms with Crippen LogP contribution in [0.1, 0.15) is 5.56 Å². The summed E-state index contributed by atoms with van der Waals surface area (Å²) in [6.45, 7) is 0. The molecule has 0 bridgehead atoms. The van der Waals surface area contributed by atoms with Crippen molar-refractivity contribution in [2.45, 2.75) is 10.6 Å². The van der Waals surface area contributed by atoms with Gasteiger partial charge in [-0.25, -0.2) is 8.42 Å². The van der Waals surface area contributed by atoms with E-state index in [4.69, 9.17) is 17.3 Å². The minimum Gasteiger partial charge on any atom is -0.369 e. The molecule has 0 saturated carbocycles. The number of nitrogens with one attached hydrogen (secondary N) is 1. The normalized spacial score (nSPS) is 11.3. The highest BCUT2D eigenvalue weighted by molar-refractivity contribution is 9.11. The van der Waals surface area contributed by atoms with Crippen molar-refractivity contribution >= 4 is 60.5 Å². The Bertz CT molecular complexity index is 770. The number of rotatable bonds is 5. The third kappa shape index (κ3) is 3.97. The van der Waals surface area contributed by atoms with Crippen LogP contribution >= 0.6 is 38.9 Å². The van der Waals surface area contributed by atoms with Gasteiger partial charge < -0.3 is 5.73 Å². The number of thiophene rings is 1. The highest BCUT2D eigenvalue weighted by Gasteiger charge is 2.20. The molecule has 112 valence electrons. The molecule has 1 heterocycles. The Morgan fingerprint density at radius 3 is 2.62 bits per heavy atom. The number of primary amides is 1. The Morgan fingerprint density at radius 2 is 2.05 bits per heavy atom. The predicted octanol–water partition coefficient (Wildman–Crippen LogP) is 2.99. The lowest BCUT2D eigenvalue weighted by Gasteiger charge is -2.10. The fourth-order valence-electron chi connectivity index (χ4n) is 1.62. The van der Waals surface area contributed by atoms with E-state index in [1.807, 2.05) is 0 Å². The molecule has 9 heteroatoms. The topological polar surface area (TPSA) is 89.3 Å². The minimum absolute atomic E-state index is 0.0480. The maximum Gasteiger partial charge on any atom is 0.271 e. The predicted molar refractivity (Wildman–Crippen MR) is 87.2 cm³/mol. The molecule has 5 nitrogen and oxygen atoms in total. The summed E-state index contributed by atoms with van der Waals surface area (Å²) in [4.78, 5) is 11.0. The van der Waals surface area contributed by atoms with Gasteiger partial charge in [0.1, 0.15) is 4.21 Å². The molecule has 0 saturated heterocycles. The quantitative estimate of drug-likeness (QED) is 0.795. The van der Waals surface area contributed by atoms with E-state index in [9.17, 15) is 13.2 Å². The van der Waals surface area contributed by atoms with E-state index in [0.717, 1.165) is 11.3 Å². The number of anilines is 1. The fraction of sp³-hybridized carbons (Fsp3) is 0.0833. The zero-order valence-corrected chi connectivity index (χ0v) is 14.4. The summed E-state index contributed by atoms with van der Waals surface area (Å²) in [5.74, 6) is -0.538. The number of benzene rings is 1. The monoisotopic (exact) mass is 408 g/mol. The van der Waals surface area contributed by atoms with Gasteiger partial charge in [-0.1, -0.05) is 29.8 Å². The van der Waals surface area contributed by atoms with Crippen LogP contribution in [-0.2, 0) is 21.2 Å². The number of hydrogen-bond acceptors (Lipinski definition) is 4. The van der Waals surface area contributed by atoms with E-state index in [2.05, 4.69) is 20.7 Å². The van der Waals surface area contributed by atoms with Gasteiger partial charge in [0, 0.05) is 0 Å². The lowest BCUT2D eigenvalue weighted by molar-refractivity contribution is -0.117. The first-order valence-corrected chi connectivity index (χ1v) is 9.10. The molecule has 2 aromatic rings. The zero-order valence-electron chi connectivity index (χ0n) is 10.5. The minimum atomic E-state index is -3.77. The van der Waals surface area contributed by atoms with Crippen LogP contribution in [0.2, 0.25) is 5.02 Å². The zero-order chi connectivity index (χ0) is 15.6. The third-order valence-corrected chi connectivity index (χ3v) is 6.83. The van der Waals surface area contributed by atoms with Crippen molar-refractivity contribution in [2.24, 2.45) is 5.73 Å². The number of carbonyl (C=O) groups is 1. The summed E-state index contributed by atoms with van der Waals surface area (Å²) < 4.78 is 27.7. The maximum atomic E-state index is 12.3. The number of halogens is 2. The number of para-hydroxylation sites is 1. The van der Waals surface area contributed by atoms with Gasteiger partial charge in [0.2, 0.25) is 5.91 Å². The summed E-state index contributed by atoms with van der Waals surface area (Å²) in [6.07, 6.45) is -0.0480. The largest absolute Gasteiger partial charge is 0.369 e. The van der Waals surface area contributed by atoms with Crippen molar-refractivity contribution in [1.29, 1.82) is 0 Å². The van der Waals surface area contributed by atoms with Gasteiger partial charge in [-0.3, -0.25) is 9.52 Å². The lowest BCUT2D eigenvalue weighted by atomic mass is 10.1. The van der Waals surface area contributed by atoms with Crippen molar-refractivity contribution in [1.82, 2.24) is 0 Å². The second kappa shape index (κ2) is 6.35. The number of nitrogens with two attached hydrogens (primary N) is 1. The van der Waals surface area contributed by atoms with E-state index in [-0.39, 0.29) is 10.6 Å². The molecule has 1 aromatic carbocycles. The molecule has 1 aromatic heterocycles. The molecular weight excluding hydrogens is 400 g/mol. The van der Waals surface area contributed by atoms with Gasteiger partial charge in [0.05, 0.1) is 20.9 Å². The molecule has 0 unspecified atom stereocenters. The average Bonchev–Trinajstić information content (AvgIpc) is 2.72. The van der Waals surface area contributed by atoms with Crippen LogP contribution in [0, 0.1) is 0 Å². The first-order chi connectivity index (χ1) is 9.79. The van der Waals surface area contributed by atoms with Gasteiger partial charge in [0.15, 0.2) is 0 Å². The maximum absolute atomic E-state index is 12.3. The second-order valence-electron chi connectivity index (χ2n) is 4.09. The first kappa shape index (κ1) is 16.3.